The van der Waals surface area contributed by atoms with E-state index < -0.39 is 0 Å². The van der Waals surface area contributed by atoms with E-state index in [1.54, 1.807) is 11.8 Å². The van der Waals surface area contributed by atoms with E-state index in [1.165, 1.54) is 16.0 Å². The molecule has 3 rings (SSSR count). The lowest BCUT2D eigenvalue weighted by Crippen LogP contribution is -2.18. The molecule has 1 heterocycles. The summed E-state index contributed by atoms with van der Waals surface area (Å²) in [6, 6.07) is 20.7. The van der Waals surface area contributed by atoms with Gasteiger partial charge in [0.15, 0.2) is 0 Å². The topological polar surface area (TPSA) is 17.1 Å². The van der Waals surface area contributed by atoms with Crippen LogP contribution >= 0.6 is 11.8 Å². The van der Waals surface area contributed by atoms with Gasteiger partial charge in [0.05, 0.1) is 0 Å². The molecule has 0 radical (unpaired) electrons. The molecule has 0 bridgehead atoms. The minimum Gasteiger partial charge on any atom is -0.303 e. The van der Waals surface area contributed by atoms with Crippen LogP contribution in [0.3, 0.4) is 0 Å². The predicted octanol–water partition coefficient (Wildman–Crippen LogP) is 4.37. The molecule has 20 heavy (non-hydrogen) atoms. The van der Waals surface area contributed by atoms with Crippen LogP contribution in [0, 0.1) is 5.92 Å². The number of benzene rings is 2. The van der Waals surface area contributed by atoms with Gasteiger partial charge in [-0.3, -0.25) is 0 Å². The molecule has 2 heteroatoms. The van der Waals surface area contributed by atoms with Gasteiger partial charge in [0.25, 0.3) is 0 Å². The van der Waals surface area contributed by atoms with Crippen molar-refractivity contribution in [2.24, 2.45) is 5.92 Å². The molecule has 0 N–H and O–H groups in total. The standard InChI is InChI=1S/C18H16OS/c19-12-16-13-20-18(15-9-5-2-6-10-15)11-17(16)14-7-3-1-4-8-14/h1-12,16-17H,13H2. The fourth-order valence-corrected chi connectivity index (χ4v) is 3.75. The van der Waals surface area contributed by atoms with Crippen LogP contribution in [0.15, 0.2) is 66.7 Å². The Balaban J connectivity index is 1.98. The molecular weight excluding hydrogens is 264 g/mol. The molecule has 0 saturated carbocycles. The summed E-state index contributed by atoms with van der Waals surface area (Å²) in [6.45, 7) is 0. The number of rotatable bonds is 3. The fraction of sp³-hybridized carbons (Fsp3) is 0.167. The van der Waals surface area contributed by atoms with Gasteiger partial charge in [0.2, 0.25) is 0 Å². The van der Waals surface area contributed by atoms with E-state index in [0.29, 0.717) is 0 Å². The van der Waals surface area contributed by atoms with Gasteiger partial charge < -0.3 is 4.79 Å². The summed E-state index contributed by atoms with van der Waals surface area (Å²) in [5.74, 6) is 1.10. The molecule has 0 spiro atoms. The van der Waals surface area contributed by atoms with Gasteiger partial charge in [-0.15, -0.1) is 11.8 Å². The molecule has 0 fully saturated rings. The molecule has 1 nitrogen and oxygen atoms in total. The lowest BCUT2D eigenvalue weighted by molar-refractivity contribution is -0.110. The SMILES string of the molecule is O=CC1CSC(c2ccccc2)=CC1c1ccccc1. The quantitative estimate of drug-likeness (QED) is 0.776. The molecule has 0 saturated heterocycles. The summed E-state index contributed by atoms with van der Waals surface area (Å²) < 4.78 is 0. The first-order chi connectivity index (χ1) is 9.88. The van der Waals surface area contributed by atoms with E-state index in [4.69, 9.17) is 0 Å². The number of aldehydes is 1. The third-order valence-corrected chi connectivity index (χ3v) is 4.88. The Kier molecular flexibility index (Phi) is 4.03. The van der Waals surface area contributed by atoms with Crippen LogP contribution in [-0.2, 0) is 4.79 Å². The monoisotopic (exact) mass is 280 g/mol. The smallest absolute Gasteiger partial charge is 0.124 e. The Hall–Kier alpha value is -1.80. The second-order valence-corrected chi connectivity index (χ2v) is 6.01. The van der Waals surface area contributed by atoms with Crippen LogP contribution in [0.4, 0.5) is 0 Å². The second-order valence-electron chi connectivity index (χ2n) is 4.94. The summed E-state index contributed by atoms with van der Waals surface area (Å²) >= 11 is 1.78. The van der Waals surface area contributed by atoms with Crippen LogP contribution in [0.5, 0.6) is 0 Å². The molecule has 0 aliphatic carbocycles. The maximum Gasteiger partial charge on any atom is 0.124 e. The fourth-order valence-electron chi connectivity index (χ4n) is 2.55. The van der Waals surface area contributed by atoms with Crippen LogP contribution in [0.25, 0.3) is 4.91 Å². The van der Waals surface area contributed by atoms with Crippen molar-refractivity contribution in [3.63, 3.8) is 0 Å². The van der Waals surface area contributed by atoms with Crippen molar-refractivity contribution in [1.82, 2.24) is 0 Å². The van der Waals surface area contributed by atoms with Crippen LogP contribution in [-0.4, -0.2) is 12.0 Å². The zero-order valence-corrected chi connectivity index (χ0v) is 11.9. The Morgan fingerprint density at radius 1 is 0.950 bits per heavy atom. The van der Waals surface area contributed by atoms with Crippen molar-refractivity contribution in [3.05, 3.63) is 77.9 Å². The van der Waals surface area contributed by atoms with E-state index >= 15 is 0 Å². The zero-order valence-electron chi connectivity index (χ0n) is 11.1. The highest BCUT2D eigenvalue weighted by Crippen LogP contribution is 2.41. The number of carbonyl (C=O) groups excluding carboxylic acids is 1. The zero-order chi connectivity index (χ0) is 13.8. The summed E-state index contributed by atoms with van der Waals surface area (Å²) in [6.07, 6.45) is 3.35. The van der Waals surface area contributed by atoms with E-state index in [0.717, 1.165) is 12.0 Å². The molecule has 1 aliphatic rings. The Morgan fingerprint density at radius 3 is 2.25 bits per heavy atom. The lowest BCUT2D eigenvalue weighted by atomic mass is 9.87. The molecule has 100 valence electrons. The number of hydrogen-bond donors (Lipinski definition) is 0. The number of hydrogen-bond acceptors (Lipinski definition) is 2. The Labute approximate surface area is 123 Å². The molecule has 2 atom stereocenters. The second kappa shape index (κ2) is 6.10. The van der Waals surface area contributed by atoms with Gasteiger partial charge >= 0.3 is 0 Å². The Morgan fingerprint density at radius 2 is 1.60 bits per heavy atom. The third-order valence-electron chi connectivity index (χ3n) is 3.64. The van der Waals surface area contributed by atoms with Gasteiger partial charge in [0, 0.05) is 22.5 Å². The van der Waals surface area contributed by atoms with Gasteiger partial charge in [-0.2, -0.15) is 0 Å². The van der Waals surface area contributed by atoms with Crippen LogP contribution in [0.2, 0.25) is 0 Å². The highest BCUT2D eigenvalue weighted by molar-refractivity contribution is 8.08. The summed E-state index contributed by atoms with van der Waals surface area (Å²) in [4.78, 5) is 12.6. The van der Waals surface area contributed by atoms with Crippen molar-refractivity contribution < 1.29 is 4.79 Å². The van der Waals surface area contributed by atoms with Gasteiger partial charge in [-0.05, 0) is 11.1 Å². The third kappa shape index (κ3) is 2.70. The minimum absolute atomic E-state index is 0.0647. The molecule has 2 unspecified atom stereocenters. The molecular formula is C18H16OS. The van der Waals surface area contributed by atoms with E-state index in [-0.39, 0.29) is 11.8 Å². The number of thioether (sulfide) groups is 1. The first-order valence-corrected chi connectivity index (χ1v) is 7.77. The van der Waals surface area contributed by atoms with Crippen molar-refractivity contribution in [2.75, 3.05) is 5.75 Å². The summed E-state index contributed by atoms with van der Waals surface area (Å²) in [5, 5.41) is 0. The Bertz CT molecular complexity index is 604. The van der Waals surface area contributed by atoms with Crippen molar-refractivity contribution in [1.29, 1.82) is 0 Å². The minimum atomic E-state index is 0.0647. The largest absolute Gasteiger partial charge is 0.303 e. The van der Waals surface area contributed by atoms with Crippen molar-refractivity contribution in [2.45, 2.75) is 5.92 Å². The first kappa shape index (κ1) is 13.2. The first-order valence-electron chi connectivity index (χ1n) is 6.79. The summed E-state index contributed by atoms with van der Waals surface area (Å²) in [7, 11) is 0. The normalized spacial score (nSPS) is 22.1. The molecule has 1 aliphatic heterocycles. The van der Waals surface area contributed by atoms with Crippen LogP contribution < -0.4 is 0 Å². The highest BCUT2D eigenvalue weighted by atomic mass is 32.2. The maximum absolute atomic E-state index is 11.3. The number of allylic oxidation sites excluding steroid dienone is 1. The maximum atomic E-state index is 11.3. The van der Waals surface area contributed by atoms with Crippen LogP contribution in [0.1, 0.15) is 17.0 Å². The van der Waals surface area contributed by atoms with Crippen molar-refractivity contribution in [3.8, 4) is 0 Å². The van der Waals surface area contributed by atoms with Gasteiger partial charge in [-0.25, -0.2) is 0 Å². The van der Waals surface area contributed by atoms with E-state index in [2.05, 4.69) is 42.5 Å². The molecule has 2 aromatic rings. The van der Waals surface area contributed by atoms with E-state index in [1.807, 2.05) is 24.3 Å². The molecule has 0 aromatic heterocycles. The molecule has 2 aromatic carbocycles. The average Bonchev–Trinajstić information content (AvgIpc) is 2.56. The summed E-state index contributed by atoms with van der Waals surface area (Å²) in [5.41, 5.74) is 2.46. The average molecular weight is 280 g/mol. The van der Waals surface area contributed by atoms with E-state index in [9.17, 15) is 4.79 Å². The number of carbonyl (C=O) groups is 1. The van der Waals surface area contributed by atoms with Gasteiger partial charge in [-0.1, -0.05) is 66.7 Å². The highest BCUT2D eigenvalue weighted by Gasteiger charge is 2.26. The lowest BCUT2D eigenvalue weighted by Gasteiger charge is -2.26. The predicted molar refractivity (Wildman–Crippen MR) is 85.6 cm³/mol. The molecule has 0 amide bonds. The van der Waals surface area contributed by atoms with Gasteiger partial charge in [0.1, 0.15) is 6.29 Å². The van der Waals surface area contributed by atoms with Crippen molar-refractivity contribution >= 4 is 23.0 Å².